The molecule has 3 rings (SSSR count). The minimum Gasteiger partial charge on any atom is -0.393 e. The highest BCUT2D eigenvalue weighted by atomic mass is 35.5. The molecule has 0 aliphatic carbocycles. The Morgan fingerprint density at radius 1 is 1.08 bits per heavy atom. The number of aliphatic hydroxyl groups excluding tert-OH is 1. The summed E-state index contributed by atoms with van der Waals surface area (Å²) in [6.45, 7) is 1.91. The van der Waals surface area contributed by atoms with Gasteiger partial charge >= 0.3 is 0 Å². The molecule has 2 heterocycles. The molecule has 0 bridgehead atoms. The Morgan fingerprint density at radius 2 is 1.72 bits per heavy atom. The molecule has 25 heavy (non-hydrogen) atoms. The molecule has 0 radical (unpaired) electrons. The summed E-state index contributed by atoms with van der Waals surface area (Å²) in [7, 11) is -3.70. The van der Waals surface area contributed by atoms with Crippen LogP contribution < -0.4 is 0 Å². The summed E-state index contributed by atoms with van der Waals surface area (Å²) in [6.07, 6.45) is 3.41. The summed E-state index contributed by atoms with van der Waals surface area (Å²) >= 11 is 6.15. The second kappa shape index (κ2) is 7.61. The number of carbonyl (C=O) groups excluding carboxylic acids is 1. The first-order chi connectivity index (χ1) is 11.9. The quantitative estimate of drug-likeness (QED) is 0.863. The van der Waals surface area contributed by atoms with Crippen LogP contribution in [0.3, 0.4) is 0 Å². The van der Waals surface area contributed by atoms with Crippen LogP contribution in [0.4, 0.5) is 0 Å². The van der Waals surface area contributed by atoms with E-state index in [1.165, 1.54) is 16.4 Å². The lowest BCUT2D eigenvalue weighted by molar-refractivity contribution is 0.0546. The number of sulfonamides is 1. The van der Waals surface area contributed by atoms with Crippen molar-refractivity contribution in [2.75, 3.05) is 26.2 Å². The Bertz CT molecular complexity index is 739. The molecular formula is C17H23ClN2O4S. The Kier molecular flexibility index (Phi) is 5.68. The average Bonchev–Trinajstić information content (AvgIpc) is 2.63. The minimum absolute atomic E-state index is 0.000962. The van der Waals surface area contributed by atoms with Crippen LogP contribution in [0.15, 0.2) is 23.1 Å². The Morgan fingerprint density at radius 3 is 2.36 bits per heavy atom. The van der Waals surface area contributed by atoms with Gasteiger partial charge in [-0.25, -0.2) is 8.42 Å². The van der Waals surface area contributed by atoms with Gasteiger partial charge in [-0.1, -0.05) is 18.0 Å². The summed E-state index contributed by atoms with van der Waals surface area (Å²) in [6, 6.07) is 4.43. The first kappa shape index (κ1) is 18.6. The van der Waals surface area contributed by atoms with E-state index in [1.54, 1.807) is 11.0 Å². The van der Waals surface area contributed by atoms with Crippen molar-refractivity contribution in [1.82, 2.24) is 9.21 Å². The summed E-state index contributed by atoms with van der Waals surface area (Å²) < 4.78 is 27.2. The third kappa shape index (κ3) is 4.00. The fourth-order valence-corrected chi connectivity index (χ4v) is 5.35. The highest BCUT2D eigenvalue weighted by Crippen LogP contribution is 2.28. The predicted molar refractivity (Wildman–Crippen MR) is 95.2 cm³/mol. The molecule has 1 N–H and O–H groups in total. The van der Waals surface area contributed by atoms with Crippen LogP contribution in [0, 0.1) is 0 Å². The van der Waals surface area contributed by atoms with Crippen LogP contribution in [0.5, 0.6) is 0 Å². The number of amides is 1. The minimum atomic E-state index is -3.70. The highest BCUT2D eigenvalue weighted by Gasteiger charge is 2.30. The van der Waals surface area contributed by atoms with Gasteiger partial charge in [-0.2, -0.15) is 4.31 Å². The third-order valence-corrected chi connectivity index (χ3v) is 7.24. The van der Waals surface area contributed by atoms with E-state index in [4.69, 9.17) is 11.6 Å². The van der Waals surface area contributed by atoms with Crippen molar-refractivity contribution in [3.05, 3.63) is 28.8 Å². The van der Waals surface area contributed by atoms with Crippen molar-refractivity contribution in [2.45, 2.75) is 43.1 Å². The highest BCUT2D eigenvalue weighted by molar-refractivity contribution is 7.89. The molecule has 2 fully saturated rings. The number of halogens is 1. The molecule has 8 heteroatoms. The number of aliphatic hydroxyl groups is 1. The number of hydrogen-bond acceptors (Lipinski definition) is 4. The monoisotopic (exact) mass is 386 g/mol. The zero-order chi connectivity index (χ0) is 18.0. The molecule has 1 amide bonds. The van der Waals surface area contributed by atoms with Gasteiger partial charge in [0.2, 0.25) is 10.0 Å². The normalized spacial score (nSPS) is 20.6. The molecule has 0 unspecified atom stereocenters. The van der Waals surface area contributed by atoms with Crippen LogP contribution in [-0.4, -0.2) is 60.9 Å². The zero-order valence-electron chi connectivity index (χ0n) is 14.0. The molecule has 6 nitrogen and oxygen atoms in total. The van der Waals surface area contributed by atoms with Crippen LogP contribution in [0.25, 0.3) is 0 Å². The second-order valence-electron chi connectivity index (χ2n) is 6.63. The zero-order valence-corrected chi connectivity index (χ0v) is 15.6. The standard InChI is InChI=1S/C17H23ClN2O4S/c18-15-5-4-13(17(22)19-10-6-14(21)7-11-19)12-16(15)25(23,24)20-8-2-1-3-9-20/h4-5,12,14,21H,1-3,6-11H2. The molecule has 0 saturated carbocycles. The number of piperidine rings is 2. The SMILES string of the molecule is O=C(c1ccc(Cl)c(S(=O)(=O)N2CCCCC2)c1)N1CCC(O)CC1. The van der Waals surface area contributed by atoms with Crippen LogP contribution in [-0.2, 0) is 10.0 Å². The van der Waals surface area contributed by atoms with Gasteiger partial charge in [0, 0.05) is 31.7 Å². The van der Waals surface area contributed by atoms with Crippen molar-refractivity contribution in [3.8, 4) is 0 Å². The molecule has 0 atom stereocenters. The molecule has 1 aromatic rings. The fraction of sp³-hybridized carbons (Fsp3) is 0.588. The largest absolute Gasteiger partial charge is 0.393 e. The lowest BCUT2D eigenvalue weighted by Gasteiger charge is -2.30. The fourth-order valence-electron chi connectivity index (χ4n) is 3.33. The lowest BCUT2D eigenvalue weighted by atomic mass is 10.1. The van der Waals surface area contributed by atoms with Crippen LogP contribution in [0.1, 0.15) is 42.5 Å². The Balaban J connectivity index is 1.86. The Labute approximate surface area is 153 Å². The van der Waals surface area contributed by atoms with E-state index in [9.17, 15) is 18.3 Å². The number of carbonyl (C=O) groups is 1. The van der Waals surface area contributed by atoms with E-state index in [1.807, 2.05) is 0 Å². The van der Waals surface area contributed by atoms with Crippen LogP contribution >= 0.6 is 11.6 Å². The van der Waals surface area contributed by atoms with E-state index >= 15 is 0 Å². The van der Waals surface area contributed by atoms with Gasteiger partial charge in [0.05, 0.1) is 11.1 Å². The average molecular weight is 387 g/mol. The summed E-state index contributed by atoms with van der Waals surface area (Å²) in [4.78, 5) is 14.3. The molecule has 0 spiro atoms. The van der Waals surface area contributed by atoms with Crippen molar-refractivity contribution < 1.29 is 18.3 Å². The topological polar surface area (TPSA) is 77.9 Å². The smallest absolute Gasteiger partial charge is 0.253 e. The number of hydrogen-bond donors (Lipinski definition) is 1. The number of nitrogens with zero attached hydrogens (tertiary/aromatic N) is 2. The van der Waals surface area contributed by atoms with E-state index in [2.05, 4.69) is 0 Å². The van der Waals surface area contributed by atoms with E-state index in [0.29, 0.717) is 44.6 Å². The van der Waals surface area contributed by atoms with Gasteiger partial charge in [-0.3, -0.25) is 4.79 Å². The maximum atomic E-state index is 12.9. The lowest BCUT2D eigenvalue weighted by Crippen LogP contribution is -2.40. The summed E-state index contributed by atoms with van der Waals surface area (Å²) in [5.74, 6) is -0.223. The van der Waals surface area contributed by atoms with Crippen molar-refractivity contribution in [3.63, 3.8) is 0 Å². The predicted octanol–water partition coefficient (Wildman–Crippen LogP) is 2.11. The molecule has 2 aliphatic heterocycles. The number of rotatable bonds is 3. The van der Waals surface area contributed by atoms with E-state index in [-0.39, 0.29) is 21.9 Å². The van der Waals surface area contributed by atoms with Crippen molar-refractivity contribution in [2.24, 2.45) is 0 Å². The van der Waals surface area contributed by atoms with Gasteiger partial charge in [0.1, 0.15) is 4.90 Å². The van der Waals surface area contributed by atoms with Crippen LogP contribution in [0.2, 0.25) is 5.02 Å². The van der Waals surface area contributed by atoms with Gasteiger partial charge in [-0.05, 0) is 43.9 Å². The molecule has 2 saturated heterocycles. The molecule has 138 valence electrons. The molecule has 2 aliphatic rings. The third-order valence-electron chi connectivity index (χ3n) is 4.86. The van der Waals surface area contributed by atoms with E-state index in [0.717, 1.165) is 19.3 Å². The molecule has 1 aromatic carbocycles. The molecular weight excluding hydrogens is 364 g/mol. The maximum Gasteiger partial charge on any atom is 0.253 e. The summed E-state index contributed by atoms with van der Waals surface area (Å²) in [5.41, 5.74) is 0.316. The van der Waals surface area contributed by atoms with Crippen molar-refractivity contribution >= 4 is 27.5 Å². The number of benzene rings is 1. The first-order valence-corrected chi connectivity index (χ1v) is 10.5. The van der Waals surface area contributed by atoms with Gasteiger partial charge in [0.15, 0.2) is 0 Å². The number of likely N-dealkylation sites (tertiary alicyclic amines) is 1. The first-order valence-electron chi connectivity index (χ1n) is 8.66. The van der Waals surface area contributed by atoms with Gasteiger partial charge in [-0.15, -0.1) is 0 Å². The van der Waals surface area contributed by atoms with Crippen molar-refractivity contribution in [1.29, 1.82) is 0 Å². The second-order valence-corrected chi connectivity index (χ2v) is 8.95. The Hall–Kier alpha value is -1.15. The maximum absolute atomic E-state index is 12.9. The van der Waals surface area contributed by atoms with Gasteiger partial charge < -0.3 is 10.0 Å². The van der Waals surface area contributed by atoms with E-state index < -0.39 is 10.0 Å². The molecule has 0 aromatic heterocycles. The summed E-state index contributed by atoms with van der Waals surface area (Å²) in [5, 5.41) is 9.71. The van der Waals surface area contributed by atoms with Gasteiger partial charge in [0.25, 0.3) is 5.91 Å².